The van der Waals surface area contributed by atoms with Crippen molar-refractivity contribution in [2.75, 3.05) is 18.4 Å². The molecule has 1 atom stereocenters. The number of carboxylic acid groups (broad SMARTS) is 1. The van der Waals surface area contributed by atoms with Crippen molar-refractivity contribution in [1.82, 2.24) is 4.90 Å². The van der Waals surface area contributed by atoms with E-state index in [1.54, 1.807) is 4.90 Å². The largest absolute Gasteiger partial charge is 0.478 e. The zero-order valence-electron chi connectivity index (χ0n) is 14.5. The van der Waals surface area contributed by atoms with Crippen LogP contribution in [0.25, 0.3) is 0 Å². The monoisotopic (exact) mass is 370 g/mol. The van der Waals surface area contributed by atoms with Gasteiger partial charge in [0.1, 0.15) is 5.82 Å². The highest BCUT2D eigenvalue weighted by atomic mass is 19.1. The Kier molecular flexibility index (Phi) is 5.49. The number of carboxylic acids is 1. The number of anilines is 1. The van der Waals surface area contributed by atoms with E-state index in [-0.39, 0.29) is 29.8 Å². The fraction of sp³-hybridized carbons (Fsp3) is 0.250. The number of halogens is 1. The van der Waals surface area contributed by atoms with Crippen molar-refractivity contribution < 1.29 is 23.9 Å². The third kappa shape index (κ3) is 4.49. The zero-order chi connectivity index (χ0) is 19.4. The molecule has 2 N–H and O–H groups in total. The Labute approximate surface area is 155 Å². The van der Waals surface area contributed by atoms with Crippen LogP contribution in [0.2, 0.25) is 0 Å². The molecule has 6 nitrogen and oxygen atoms in total. The summed E-state index contributed by atoms with van der Waals surface area (Å²) in [4.78, 5) is 37.6. The van der Waals surface area contributed by atoms with Crippen LogP contribution in [0.5, 0.6) is 0 Å². The van der Waals surface area contributed by atoms with Crippen molar-refractivity contribution >= 4 is 23.5 Å². The van der Waals surface area contributed by atoms with Gasteiger partial charge in [-0.3, -0.25) is 9.59 Å². The Morgan fingerprint density at radius 1 is 1.00 bits per heavy atom. The molecule has 1 aliphatic heterocycles. The molecule has 0 bridgehead atoms. The number of likely N-dealkylation sites (tertiary alicyclic amines) is 1. The number of carbonyl (C=O) groups excluding carboxylic acids is 2. The molecule has 3 rings (SSSR count). The lowest BCUT2D eigenvalue weighted by atomic mass is 9.96. The highest BCUT2D eigenvalue weighted by Crippen LogP contribution is 2.21. The van der Waals surface area contributed by atoms with E-state index in [4.69, 9.17) is 5.11 Å². The van der Waals surface area contributed by atoms with Gasteiger partial charge in [0, 0.05) is 24.3 Å². The quantitative estimate of drug-likeness (QED) is 0.866. The molecule has 0 aliphatic carbocycles. The van der Waals surface area contributed by atoms with Crippen LogP contribution in [0.4, 0.5) is 10.1 Å². The van der Waals surface area contributed by atoms with Crippen LogP contribution in [-0.4, -0.2) is 40.9 Å². The Morgan fingerprint density at radius 2 is 1.63 bits per heavy atom. The van der Waals surface area contributed by atoms with Crippen LogP contribution in [-0.2, 0) is 4.79 Å². The number of benzene rings is 2. The van der Waals surface area contributed by atoms with Crippen molar-refractivity contribution in [3.05, 3.63) is 65.5 Å². The number of rotatable bonds is 4. The van der Waals surface area contributed by atoms with E-state index in [0.29, 0.717) is 30.6 Å². The molecule has 2 aromatic rings. The second kappa shape index (κ2) is 7.99. The molecule has 1 fully saturated rings. The third-order valence-electron chi connectivity index (χ3n) is 4.57. The maximum Gasteiger partial charge on any atom is 0.335 e. The van der Waals surface area contributed by atoms with Gasteiger partial charge in [0.05, 0.1) is 11.5 Å². The standard InChI is InChI=1S/C20H19FN2O4/c21-16-7-3-13(4-8-16)19(25)23-11-1-2-15(12-23)18(24)22-17-9-5-14(6-10-17)20(26)27/h3-10,15H,1-2,11-12H2,(H,22,24)(H,26,27). The van der Waals surface area contributed by atoms with Crippen molar-refractivity contribution in [3.63, 3.8) is 0 Å². The third-order valence-corrected chi connectivity index (χ3v) is 4.57. The molecule has 0 spiro atoms. The first-order valence-corrected chi connectivity index (χ1v) is 8.63. The van der Waals surface area contributed by atoms with Gasteiger partial charge in [0.2, 0.25) is 5.91 Å². The Hall–Kier alpha value is -3.22. The minimum Gasteiger partial charge on any atom is -0.478 e. The summed E-state index contributed by atoms with van der Waals surface area (Å²) >= 11 is 0. The number of nitrogens with one attached hydrogen (secondary N) is 1. The summed E-state index contributed by atoms with van der Waals surface area (Å²) in [5.41, 5.74) is 1.04. The SMILES string of the molecule is O=C(O)c1ccc(NC(=O)C2CCCN(C(=O)c3ccc(F)cc3)C2)cc1. The van der Waals surface area contributed by atoms with Gasteiger partial charge in [-0.25, -0.2) is 9.18 Å². The minimum atomic E-state index is -1.03. The van der Waals surface area contributed by atoms with E-state index in [0.717, 1.165) is 0 Å². The minimum absolute atomic E-state index is 0.140. The van der Waals surface area contributed by atoms with Gasteiger partial charge in [0.25, 0.3) is 5.91 Å². The molecule has 1 aliphatic rings. The fourth-order valence-corrected chi connectivity index (χ4v) is 3.09. The molecule has 140 valence electrons. The van der Waals surface area contributed by atoms with Gasteiger partial charge in [-0.05, 0) is 61.4 Å². The van der Waals surface area contributed by atoms with Gasteiger partial charge >= 0.3 is 5.97 Å². The van der Waals surface area contributed by atoms with Crippen LogP contribution in [0.1, 0.15) is 33.6 Å². The predicted molar refractivity (Wildman–Crippen MR) is 97.1 cm³/mol. The molecule has 7 heteroatoms. The van der Waals surface area contributed by atoms with Gasteiger partial charge in [-0.1, -0.05) is 0 Å². The first-order chi connectivity index (χ1) is 12.9. The first-order valence-electron chi connectivity index (χ1n) is 8.63. The number of hydrogen-bond donors (Lipinski definition) is 2. The summed E-state index contributed by atoms with van der Waals surface area (Å²) in [5.74, 6) is -2.23. The number of amides is 2. The van der Waals surface area contributed by atoms with E-state index in [1.807, 2.05) is 0 Å². The maximum absolute atomic E-state index is 13.0. The van der Waals surface area contributed by atoms with Crippen LogP contribution in [0.3, 0.4) is 0 Å². The molecule has 1 saturated heterocycles. The lowest BCUT2D eigenvalue weighted by Crippen LogP contribution is -2.43. The summed E-state index contributed by atoms with van der Waals surface area (Å²) in [7, 11) is 0. The molecule has 27 heavy (non-hydrogen) atoms. The van der Waals surface area contributed by atoms with E-state index in [9.17, 15) is 18.8 Å². The average molecular weight is 370 g/mol. The van der Waals surface area contributed by atoms with E-state index < -0.39 is 11.8 Å². The molecule has 1 unspecified atom stereocenters. The van der Waals surface area contributed by atoms with Crippen LogP contribution in [0.15, 0.2) is 48.5 Å². The summed E-state index contributed by atoms with van der Waals surface area (Å²) in [5, 5.41) is 11.7. The molecule has 0 aromatic heterocycles. The van der Waals surface area contributed by atoms with Crippen LogP contribution in [0, 0.1) is 11.7 Å². The molecular weight excluding hydrogens is 351 g/mol. The average Bonchev–Trinajstić information content (AvgIpc) is 2.68. The highest BCUT2D eigenvalue weighted by molar-refractivity contribution is 5.96. The maximum atomic E-state index is 13.0. The normalized spacial score (nSPS) is 16.6. The number of aromatic carboxylic acids is 1. The van der Waals surface area contributed by atoms with Crippen molar-refractivity contribution in [1.29, 1.82) is 0 Å². The van der Waals surface area contributed by atoms with Crippen molar-refractivity contribution in [2.24, 2.45) is 5.92 Å². The van der Waals surface area contributed by atoms with E-state index in [1.165, 1.54) is 48.5 Å². The Morgan fingerprint density at radius 3 is 2.26 bits per heavy atom. The number of hydrogen-bond acceptors (Lipinski definition) is 3. The van der Waals surface area contributed by atoms with Gasteiger partial charge < -0.3 is 15.3 Å². The summed E-state index contributed by atoms with van der Waals surface area (Å²) in [6.07, 6.45) is 1.36. The smallest absolute Gasteiger partial charge is 0.335 e. The highest BCUT2D eigenvalue weighted by Gasteiger charge is 2.29. The zero-order valence-corrected chi connectivity index (χ0v) is 14.5. The Balaban J connectivity index is 1.63. The molecule has 0 radical (unpaired) electrons. The van der Waals surface area contributed by atoms with Gasteiger partial charge in [-0.15, -0.1) is 0 Å². The second-order valence-corrected chi connectivity index (χ2v) is 6.47. The first kappa shape index (κ1) is 18.6. The molecular formula is C20H19FN2O4. The molecule has 1 heterocycles. The molecule has 2 amide bonds. The van der Waals surface area contributed by atoms with Crippen LogP contribution >= 0.6 is 0 Å². The molecule has 2 aromatic carbocycles. The lowest BCUT2D eigenvalue weighted by Gasteiger charge is -2.32. The second-order valence-electron chi connectivity index (χ2n) is 6.47. The Bertz CT molecular complexity index is 849. The van der Waals surface area contributed by atoms with Gasteiger partial charge in [-0.2, -0.15) is 0 Å². The topological polar surface area (TPSA) is 86.7 Å². The van der Waals surface area contributed by atoms with Crippen LogP contribution < -0.4 is 5.32 Å². The summed E-state index contributed by atoms with van der Waals surface area (Å²) < 4.78 is 13.0. The van der Waals surface area contributed by atoms with Crippen molar-refractivity contribution in [3.8, 4) is 0 Å². The number of nitrogens with zero attached hydrogens (tertiary/aromatic N) is 1. The number of carbonyl (C=O) groups is 3. The molecule has 0 saturated carbocycles. The van der Waals surface area contributed by atoms with Crippen molar-refractivity contribution in [2.45, 2.75) is 12.8 Å². The van der Waals surface area contributed by atoms with E-state index >= 15 is 0 Å². The number of piperidine rings is 1. The van der Waals surface area contributed by atoms with Gasteiger partial charge in [0.15, 0.2) is 0 Å². The summed E-state index contributed by atoms with van der Waals surface area (Å²) in [6.45, 7) is 0.836. The lowest BCUT2D eigenvalue weighted by molar-refractivity contribution is -0.121. The predicted octanol–water partition coefficient (Wildman–Crippen LogP) is 3.01. The van der Waals surface area contributed by atoms with E-state index in [2.05, 4.69) is 5.32 Å². The fourth-order valence-electron chi connectivity index (χ4n) is 3.09. The summed E-state index contributed by atoms with van der Waals surface area (Å²) in [6, 6.07) is 11.3.